The number of carboxylic acids is 1. The van der Waals surface area contributed by atoms with Gasteiger partial charge in [-0.15, -0.1) is 11.3 Å². The molecule has 0 spiro atoms. The van der Waals surface area contributed by atoms with Crippen molar-refractivity contribution < 1.29 is 19.4 Å². The molecule has 8 nitrogen and oxygen atoms in total. The quantitative estimate of drug-likeness (QED) is 0.842. The molecule has 1 fully saturated rings. The number of fused-ring (bicyclic) bond motifs is 1. The van der Waals surface area contributed by atoms with Gasteiger partial charge in [0.25, 0.3) is 11.5 Å². The van der Waals surface area contributed by atoms with Crippen LogP contribution in [-0.2, 0) is 16.6 Å². The number of aliphatic carboxylic acids is 1. The van der Waals surface area contributed by atoms with Gasteiger partial charge in [-0.1, -0.05) is 0 Å². The van der Waals surface area contributed by atoms with E-state index in [0.29, 0.717) is 27.2 Å². The molecule has 0 radical (unpaired) electrons. The molecular formula is C14H15N3O5S. The lowest BCUT2D eigenvalue weighted by molar-refractivity contribution is -0.154. The van der Waals surface area contributed by atoms with Crippen LogP contribution in [-0.4, -0.2) is 57.2 Å². The molecule has 23 heavy (non-hydrogen) atoms. The molecular weight excluding hydrogens is 322 g/mol. The summed E-state index contributed by atoms with van der Waals surface area (Å²) in [5.74, 6) is -1.38. The van der Waals surface area contributed by atoms with Crippen LogP contribution in [0.1, 0.15) is 15.2 Å². The molecule has 1 atom stereocenters. The Morgan fingerprint density at radius 3 is 2.91 bits per heavy atom. The van der Waals surface area contributed by atoms with Crippen molar-refractivity contribution in [2.45, 2.75) is 13.0 Å². The lowest BCUT2D eigenvalue weighted by Gasteiger charge is -2.30. The SMILES string of the molecule is Cc1c(C(=O)N2CCOC(C(=O)O)C2)sc2ncn(C)c(=O)c12. The second-order valence-corrected chi connectivity index (χ2v) is 6.34. The minimum Gasteiger partial charge on any atom is -0.479 e. The summed E-state index contributed by atoms with van der Waals surface area (Å²) in [5.41, 5.74) is 0.384. The molecule has 1 aliphatic rings. The number of rotatable bonds is 2. The largest absolute Gasteiger partial charge is 0.479 e. The van der Waals surface area contributed by atoms with Gasteiger partial charge >= 0.3 is 5.97 Å². The molecule has 1 amide bonds. The first-order valence-electron chi connectivity index (χ1n) is 6.98. The highest BCUT2D eigenvalue weighted by Gasteiger charge is 2.31. The van der Waals surface area contributed by atoms with Gasteiger partial charge in [-0.25, -0.2) is 9.78 Å². The van der Waals surface area contributed by atoms with Crippen LogP contribution in [0.4, 0.5) is 0 Å². The molecule has 0 bridgehead atoms. The summed E-state index contributed by atoms with van der Waals surface area (Å²) in [6.45, 7) is 2.20. The molecule has 0 aromatic carbocycles. The zero-order valence-corrected chi connectivity index (χ0v) is 13.4. The third-order valence-corrected chi connectivity index (χ3v) is 5.02. The van der Waals surface area contributed by atoms with E-state index in [9.17, 15) is 14.4 Å². The Bertz CT molecular complexity index is 856. The van der Waals surface area contributed by atoms with Gasteiger partial charge in [0, 0.05) is 13.6 Å². The number of nitrogens with zero attached hydrogens (tertiary/aromatic N) is 3. The van der Waals surface area contributed by atoms with Crippen LogP contribution in [0, 0.1) is 6.92 Å². The van der Waals surface area contributed by atoms with Gasteiger partial charge in [-0.3, -0.25) is 9.59 Å². The van der Waals surface area contributed by atoms with Gasteiger partial charge in [-0.2, -0.15) is 0 Å². The number of carbonyl (C=O) groups excluding carboxylic acids is 1. The van der Waals surface area contributed by atoms with Gasteiger partial charge in [0.05, 0.1) is 29.7 Å². The fraction of sp³-hybridized carbons (Fsp3) is 0.429. The maximum Gasteiger partial charge on any atom is 0.334 e. The topological polar surface area (TPSA) is 102 Å². The Hall–Kier alpha value is -2.26. The molecule has 3 heterocycles. The van der Waals surface area contributed by atoms with Crippen molar-refractivity contribution >= 4 is 33.4 Å². The van der Waals surface area contributed by atoms with E-state index in [1.54, 1.807) is 14.0 Å². The van der Waals surface area contributed by atoms with Crippen molar-refractivity contribution in [3.05, 3.63) is 27.1 Å². The van der Waals surface area contributed by atoms with E-state index in [0.717, 1.165) is 11.3 Å². The Morgan fingerprint density at radius 2 is 2.22 bits per heavy atom. The van der Waals surface area contributed by atoms with Crippen molar-refractivity contribution in [2.75, 3.05) is 19.7 Å². The highest BCUT2D eigenvalue weighted by molar-refractivity contribution is 7.20. The Labute approximate surface area is 134 Å². The molecule has 0 saturated carbocycles. The number of aryl methyl sites for hydroxylation is 2. The summed E-state index contributed by atoms with van der Waals surface area (Å²) in [5, 5.41) is 9.47. The monoisotopic (exact) mass is 337 g/mol. The molecule has 9 heteroatoms. The van der Waals surface area contributed by atoms with Gasteiger partial charge < -0.3 is 19.3 Å². The van der Waals surface area contributed by atoms with Crippen LogP contribution in [0.3, 0.4) is 0 Å². The number of carboxylic acid groups (broad SMARTS) is 1. The van der Waals surface area contributed by atoms with Gasteiger partial charge in [0.15, 0.2) is 6.10 Å². The fourth-order valence-electron chi connectivity index (χ4n) is 2.54. The Balaban J connectivity index is 1.98. The molecule has 122 valence electrons. The zero-order chi connectivity index (χ0) is 16.7. The van der Waals surface area contributed by atoms with Crippen LogP contribution in [0.5, 0.6) is 0 Å². The van der Waals surface area contributed by atoms with E-state index in [1.807, 2.05) is 0 Å². The van der Waals surface area contributed by atoms with E-state index in [1.165, 1.54) is 15.8 Å². The van der Waals surface area contributed by atoms with Crippen LogP contribution in [0.25, 0.3) is 10.2 Å². The molecule has 1 unspecified atom stereocenters. The first-order chi connectivity index (χ1) is 10.9. The normalized spacial score (nSPS) is 18.3. The lowest BCUT2D eigenvalue weighted by atomic mass is 10.2. The standard InChI is InChI=1S/C14H15N3O5S/c1-7-9-11(15-6-16(2)12(9)18)23-10(7)13(19)17-3-4-22-8(5-17)14(20)21/h6,8H,3-5H2,1-2H3,(H,20,21). The number of thiophene rings is 1. The second-order valence-electron chi connectivity index (χ2n) is 5.35. The predicted octanol–water partition coefficient (Wildman–Crippen LogP) is 0.229. The van der Waals surface area contributed by atoms with Crippen LogP contribution < -0.4 is 5.56 Å². The summed E-state index contributed by atoms with van der Waals surface area (Å²) < 4.78 is 6.49. The average Bonchev–Trinajstić information content (AvgIpc) is 2.88. The van der Waals surface area contributed by atoms with Crippen molar-refractivity contribution in [3.8, 4) is 0 Å². The molecule has 1 saturated heterocycles. The predicted molar refractivity (Wildman–Crippen MR) is 82.9 cm³/mol. The molecule has 3 rings (SSSR count). The number of hydrogen-bond acceptors (Lipinski definition) is 6. The summed E-state index contributed by atoms with van der Waals surface area (Å²) in [6, 6.07) is 0. The minimum atomic E-state index is -1.09. The van der Waals surface area contributed by atoms with E-state index in [2.05, 4.69) is 4.98 Å². The maximum absolute atomic E-state index is 12.7. The smallest absolute Gasteiger partial charge is 0.334 e. The summed E-state index contributed by atoms with van der Waals surface area (Å²) in [6.07, 6.45) is 0.401. The van der Waals surface area contributed by atoms with Gasteiger partial charge in [0.1, 0.15) is 4.83 Å². The second kappa shape index (κ2) is 5.74. The number of carbonyl (C=O) groups is 2. The maximum atomic E-state index is 12.7. The number of aromatic nitrogens is 2. The minimum absolute atomic E-state index is 0.00666. The van der Waals surface area contributed by atoms with E-state index >= 15 is 0 Å². The van der Waals surface area contributed by atoms with E-state index < -0.39 is 12.1 Å². The van der Waals surface area contributed by atoms with Crippen LogP contribution in [0.15, 0.2) is 11.1 Å². The van der Waals surface area contributed by atoms with Crippen LogP contribution >= 0.6 is 11.3 Å². The van der Waals surface area contributed by atoms with Crippen molar-refractivity contribution in [3.63, 3.8) is 0 Å². The highest BCUT2D eigenvalue weighted by atomic mass is 32.1. The van der Waals surface area contributed by atoms with Crippen molar-refractivity contribution in [2.24, 2.45) is 7.05 Å². The Morgan fingerprint density at radius 1 is 1.48 bits per heavy atom. The van der Waals surface area contributed by atoms with E-state index in [-0.39, 0.29) is 24.6 Å². The summed E-state index contributed by atoms with van der Waals surface area (Å²) in [4.78, 5) is 42.5. The first-order valence-corrected chi connectivity index (χ1v) is 7.80. The third kappa shape index (κ3) is 2.62. The molecule has 1 aliphatic heterocycles. The summed E-state index contributed by atoms with van der Waals surface area (Å²) in [7, 11) is 1.60. The molecule has 2 aromatic heterocycles. The molecule has 0 aliphatic carbocycles. The molecule has 2 aromatic rings. The third-order valence-electron chi connectivity index (χ3n) is 3.83. The van der Waals surface area contributed by atoms with Gasteiger partial charge in [0.2, 0.25) is 0 Å². The first kappa shape index (κ1) is 15.6. The number of morpholine rings is 1. The van der Waals surface area contributed by atoms with Crippen molar-refractivity contribution in [1.29, 1.82) is 0 Å². The van der Waals surface area contributed by atoms with Crippen LogP contribution in [0.2, 0.25) is 0 Å². The highest BCUT2D eigenvalue weighted by Crippen LogP contribution is 2.28. The number of amides is 1. The van der Waals surface area contributed by atoms with E-state index in [4.69, 9.17) is 9.84 Å². The average molecular weight is 337 g/mol. The lowest BCUT2D eigenvalue weighted by Crippen LogP contribution is -2.48. The van der Waals surface area contributed by atoms with Crippen molar-refractivity contribution in [1.82, 2.24) is 14.5 Å². The van der Waals surface area contributed by atoms with Gasteiger partial charge in [-0.05, 0) is 12.5 Å². The zero-order valence-electron chi connectivity index (χ0n) is 12.6. The Kier molecular flexibility index (Phi) is 3.90. The number of ether oxygens (including phenoxy) is 1. The fourth-order valence-corrected chi connectivity index (χ4v) is 3.65. The molecule has 1 N–H and O–H groups in total. The number of hydrogen-bond donors (Lipinski definition) is 1. The summed E-state index contributed by atoms with van der Waals surface area (Å²) >= 11 is 1.15.